The summed E-state index contributed by atoms with van der Waals surface area (Å²) >= 11 is 0. The Morgan fingerprint density at radius 2 is 2.28 bits per heavy atom. The summed E-state index contributed by atoms with van der Waals surface area (Å²) in [5.74, 6) is 0.282. The maximum absolute atomic E-state index is 13.6. The maximum Gasteiger partial charge on any atom is 0.229 e. The van der Waals surface area contributed by atoms with E-state index in [9.17, 15) is 9.18 Å². The lowest BCUT2D eigenvalue weighted by Gasteiger charge is -2.15. The van der Waals surface area contributed by atoms with Crippen LogP contribution in [0.2, 0.25) is 0 Å². The van der Waals surface area contributed by atoms with E-state index in [0.717, 1.165) is 25.0 Å². The van der Waals surface area contributed by atoms with Crippen LogP contribution in [-0.2, 0) is 16.0 Å². The van der Waals surface area contributed by atoms with E-state index in [-0.39, 0.29) is 18.4 Å². The molecule has 7 heteroatoms. The minimum absolute atomic E-state index is 0.0379. The number of carbonyl (C=O) groups excluding carboxylic acids is 1. The fourth-order valence-electron chi connectivity index (χ4n) is 2.79. The molecule has 0 spiro atoms. The Balaban J connectivity index is 1.67. The second kappa shape index (κ2) is 7.65. The molecular weight excluding hydrogens is 327 g/mol. The monoisotopic (exact) mass is 348 g/mol. The van der Waals surface area contributed by atoms with E-state index >= 15 is 0 Å². The highest BCUT2D eigenvalue weighted by atomic mass is 19.1. The molecule has 0 radical (unpaired) electrons. The van der Waals surface area contributed by atoms with Gasteiger partial charge in [-0.3, -0.25) is 4.79 Å². The highest BCUT2D eigenvalue weighted by Gasteiger charge is 2.18. The molecule has 2 heterocycles. The molecule has 2 aromatic rings. The van der Waals surface area contributed by atoms with Crippen LogP contribution >= 0.6 is 0 Å². The van der Waals surface area contributed by atoms with Crippen molar-refractivity contribution in [3.05, 3.63) is 41.0 Å². The molecule has 3 rings (SSSR count). The van der Waals surface area contributed by atoms with Gasteiger partial charge in [-0.2, -0.15) is 0 Å². The zero-order valence-corrected chi connectivity index (χ0v) is 14.3. The summed E-state index contributed by atoms with van der Waals surface area (Å²) in [5, 5.41) is 6.53. The minimum Gasteiger partial charge on any atom is -0.489 e. The summed E-state index contributed by atoms with van der Waals surface area (Å²) < 4.78 is 29.9. The van der Waals surface area contributed by atoms with Crippen molar-refractivity contribution in [3.8, 4) is 5.75 Å². The van der Waals surface area contributed by atoms with Gasteiger partial charge in [-0.1, -0.05) is 5.16 Å². The zero-order chi connectivity index (χ0) is 17.8. The van der Waals surface area contributed by atoms with Crippen LogP contribution in [-0.4, -0.2) is 30.4 Å². The van der Waals surface area contributed by atoms with E-state index in [1.807, 2.05) is 0 Å². The number of anilines is 1. The van der Waals surface area contributed by atoms with Crippen molar-refractivity contribution in [2.75, 3.05) is 18.5 Å². The summed E-state index contributed by atoms with van der Waals surface area (Å²) in [6.45, 7) is 4.63. The van der Waals surface area contributed by atoms with Crippen LogP contribution < -0.4 is 10.1 Å². The van der Waals surface area contributed by atoms with Gasteiger partial charge in [0.05, 0.1) is 23.9 Å². The Hall–Kier alpha value is -2.41. The normalized spacial score (nSPS) is 16.8. The van der Waals surface area contributed by atoms with Gasteiger partial charge in [0.15, 0.2) is 0 Å². The smallest absolute Gasteiger partial charge is 0.229 e. The predicted molar refractivity (Wildman–Crippen MR) is 89.2 cm³/mol. The van der Waals surface area contributed by atoms with Crippen LogP contribution in [0.1, 0.15) is 29.9 Å². The largest absolute Gasteiger partial charge is 0.489 e. The van der Waals surface area contributed by atoms with E-state index in [1.165, 1.54) is 18.2 Å². The quantitative estimate of drug-likeness (QED) is 0.868. The molecule has 25 heavy (non-hydrogen) atoms. The van der Waals surface area contributed by atoms with E-state index < -0.39 is 5.82 Å². The van der Waals surface area contributed by atoms with Gasteiger partial charge in [-0.05, 0) is 38.8 Å². The standard InChI is InChI=1S/C18H21FN2O4/c1-11-15(12(2)25-21-11)9-18(22)20-16-8-13(19)5-6-17(16)24-10-14-4-3-7-23-14/h5-6,8,14H,3-4,7,9-10H2,1-2H3,(H,20,22)/t14-/m1/s1. The van der Waals surface area contributed by atoms with Crippen LogP contribution in [0, 0.1) is 19.7 Å². The summed E-state index contributed by atoms with van der Waals surface area (Å²) in [4.78, 5) is 12.3. The highest BCUT2D eigenvalue weighted by Crippen LogP contribution is 2.27. The number of hydrogen-bond acceptors (Lipinski definition) is 5. The molecule has 0 saturated carbocycles. The van der Waals surface area contributed by atoms with Crippen LogP contribution in [0.15, 0.2) is 22.7 Å². The third-order valence-electron chi connectivity index (χ3n) is 4.18. The number of amides is 1. The molecule has 1 aromatic heterocycles. The third-order valence-corrected chi connectivity index (χ3v) is 4.18. The lowest BCUT2D eigenvalue weighted by Crippen LogP contribution is -2.19. The Morgan fingerprint density at radius 1 is 1.44 bits per heavy atom. The van der Waals surface area contributed by atoms with Crippen molar-refractivity contribution in [2.45, 2.75) is 39.2 Å². The van der Waals surface area contributed by atoms with Crippen LogP contribution in [0.5, 0.6) is 5.75 Å². The molecule has 1 aliphatic rings. The lowest BCUT2D eigenvalue weighted by atomic mass is 10.1. The molecule has 1 aliphatic heterocycles. The first kappa shape index (κ1) is 17.4. The third kappa shape index (κ3) is 4.36. The summed E-state index contributed by atoms with van der Waals surface area (Å²) in [7, 11) is 0. The average Bonchev–Trinajstić information content (AvgIpc) is 3.19. The fraction of sp³-hybridized carbons (Fsp3) is 0.444. The number of ether oxygens (including phenoxy) is 2. The molecule has 1 fully saturated rings. The van der Waals surface area contributed by atoms with Gasteiger partial charge in [-0.15, -0.1) is 0 Å². The number of aryl methyl sites for hydroxylation is 2. The summed E-state index contributed by atoms with van der Waals surface area (Å²) in [6, 6.07) is 4.06. The molecule has 134 valence electrons. The van der Waals surface area contributed by atoms with Gasteiger partial charge >= 0.3 is 0 Å². The number of aromatic nitrogens is 1. The van der Waals surface area contributed by atoms with Gasteiger partial charge in [-0.25, -0.2) is 4.39 Å². The number of hydrogen-bond donors (Lipinski definition) is 1. The van der Waals surface area contributed by atoms with Gasteiger partial charge in [0, 0.05) is 18.2 Å². The van der Waals surface area contributed by atoms with Gasteiger partial charge in [0.1, 0.15) is 23.9 Å². The van der Waals surface area contributed by atoms with Gasteiger partial charge < -0.3 is 19.3 Å². The molecule has 0 bridgehead atoms. The zero-order valence-electron chi connectivity index (χ0n) is 14.3. The predicted octanol–water partition coefficient (Wildman–Crippen LogP) is 3.17. The molecule has 6 nitrogen and oxygen atoms in total. The highest BCUT2D eigenvalue weighted by molar-refractivity contribution is 5.93. The van der Waals surface area contributed by atoms with Crippen LogP contribution in [0.25, 0.3) is 0 Å². The summed E-state index contributed by atoms with van der Waals surface area (Å²) in [5.41, 5.74) is 1.70. The second-order valence-electron chi connectivity index (χ2n) is 6.11. The Kier molecular flexibility index (Phi) is 5.33. The molecule has 0 aliphatic carbocycles. The lowest BCUT2D eigenvalue weighted by molar-refractivity contribution is -0.115. The average molecular weight is 348 g/mol. The van der Waals surface area contributed by atoms with Crippen molar-refractivity contribution < 1.29 is 23.2 Å². The van der Waals surface area contributed by atoms with Crippen LogP contribution in [0.4, 0.5) is 10.1 Å². The summed E-state index contributed by atoms with van der Waals surface area (Å²) in [6.07, 6.45) is 2.09. The topological polar surface area (TPSA) is 73.6 Å². The molecular formula is C18H21FN2O4. The number of nitrogens with one attached hydrogen (secondary N) is 1. The number of carbonyl (C=O) groups is 1. The first-order valence-corrected chi connectivity index (χ1v) is 8.28. The van der Waals surface area contributed by atoms with Crippen molar-refractivity contribution >= 4 is 11.6 Å². The Morgan fingerprint density at radius 3 is 2.96 bits per heavy atom. The number of halogens is 1. The number of benzene rings is 1. The first-order valence-electron chi connectivity index (χ1n) is 8.28. The fourth-order valence-corrected chi connectivity index (χ4v) is 2.79. The number of rotatable bonds is 6. The van der Waals surface area contributed by atoms with Gasteiger partial charge in [0.25, 0.3) is 0 Å². The Labute approximate surface area is 145 Å². The van der Waals surface area contributed by atoms with Crippen molar-refractivity contribution in [1.82, 2.24) is 5.16 Å². The molecule has 1 atom stereocenters. The Bertz CT molecular complexity index is 734. The van der Waals surface area contributed by atoms with E-state index in [1.54, 1.807) is 13.8 Å². The van der Waals surface area contributed by atoms with E-state index in [2.05, 4.69) is 10.5 Å². The van der Waals surface area contributed by atoms with Crippen molar-refractivity contribution in [2.24, 2.45) is 0 Å². The van der Waals surface area contributed by atoms with E-state index in [0.29, 0.717) is 29.5 Å². The first-order chi connectivity index (χ1) is 12.0. The minimum atomic E-state index is -0.447. The van der Waals surface area contributed by atoms with Crippen LogP contribution in [0.3, 0.4) is 0 Å². The maximum atomic E-state index is 13.6. The molecule has 1 N–H and O–H groups in total. The molecule has 1 amide bonds. The van der Waals surface area contributed by atoms with Crippen molar-refractivity contribution in [3.63, 3.8) is 0 Å². The molecule has 1 aromatic carbocycles. The number of nitrogens with zero attached hydrogens (tertiary/aromatic N) is 1. The van der Waals surface area contributed by atoms with E-state index in [4.69, 9.17) is 14.0 Å². The molecule has 0 unspecified atom stereocenters. The SMILES string of the molecule is Cc1noc(C)c1CC(=O)Nc1cc(F)ccc1OC[C@H]1CCCO1. The van der Waals surface area contributed by atoms with Gasteiger partial charge in [0.2, 0.25) is 5.91 Å². The second-order valence-corrected chi connectivity index (χ2v) is 6.11. The molecule has 1 saturated heterocycles. The van der Waals surface area contributed by atoms with Crippen molar-refractivity contribution in [1.29, 1.82) is 0 Å².